The van der Waals surface area contributed by atoms with Crippen molar-refractivity contribution in [1.29, 1.82) is 0 Å². The third kappa shape index (κ3) is 3.43. The van der Waals surface area contributed by atoms with Crippen LogP contribution in [0.1, 0.15) is 37.0 Å². The number of hydrogen-bond acceptors (Lipinski definition) is 3. The molecule has 1 N–H and O–H groups in total. The first-order chi connectivity index (χ1) is 9.15. The predicted octanol–water partition coefficient (Wildman–Crippen LogP) is 2.52. The van der Waals surface area contributed by atoms with Gasteiger partial charge in [0, 0.05) is 19.6 Å². The first-order valence-electron chi connectivity index (χ1n) is 6.84. The van der Waals surface area contributed by atoms with E-state index < -0.39 is 5.82 Å². The molecule has 19 heavy (non-hydrogen) atoms. The third-order valence-corrected chi connectivity index (χ3v) is 3.27. The van der Waals surface area contributed by atoms with Crippen molar-refractivity contribution < 1.29 is 9.18 Å². The summed E-state index contributed by atoms with van der Waals surface area (Å²) in [4.78, 5) is 18.2. The standard InChI is InChI=1S/C14H20FN3O/c1-3-16-13-12(7-11(15)8-17-13)14(19)18(4-2)9-10-5-6-10/h7-8,10H,3-6,9H2,1-2H3,(H,16,17). The summed E-state index contributed by atoms with van der Waals surface area (Å²) in [5.41, 5.74) is 0.323. The van der Waals surface area contributed by atoms with Gasteiger partial charge in [-0.05, 0) is 38.7 Å². The molecule has 0 aromatic carbocycles. The first-order valence-corrected chi connectivity index (χ1v) is 6.84. The Labute approximate surface area is 113 Å². The van der Waals surface area contributed by atoms with Gasteiger partial charge in [0.05, 0.1) is 11.8 Å². The summed E-state index contributed by atoms with van der Waals surface area (Å²) in [6.45, 7) is 5.91. The van der Waals surface area contributed by atoms with Gasteiger partial charge in [0.2, 0.25) is 0 Å². The van der Waals surface area contributed by atoms with Gasteiger partial charge in [-0.2, -0.15) is 0 Å². The highest BCUT2D eigenvalue weighted by Gasteiger charge is 2.27. The van der Waals surface area contributed by atoms with E-state index in [1.54, 1.807) is 4.90 Å². The summed E-state index contributed by atoms with van der Waals surface area (Å²) in [7, 11) is 0. The van der Waals surface area contributed by atoms with Crippen LogP contribution >= 0.6 is 0 Å². The molecule has 1 amide bonds. The summed E-state index contributed by atoms with van der Waals surface area (Å²) in [6.07, 6.45) is 3.50. The maximum atomic E-state index is 13.3. The van der Waals surface area contributed by atoms with E-state index in [9.17, 15) is 9.18 Å². The molecular weight excluding hydrogens is 245 g/mol. The number of anilines is 1. The van der Waals surface area contributed by atoms with Gasteiger partial charge in [-0.25, -0.2) is 9.37 Å². The van der Waals surface area contributed by atoms with Crippen LogP contribution in [-0.2, 0) is 0 Å². The van der Waals surface area contributed by atoms with E-state index in [0.29, 0.717) is 30.4 Å². The van der Waals surface area contributed by atoms with Crippen LogP contribution in [0, 0.1) is 11.7 Å². The maximum absolute atomic E-state index is 13.3. The molecule has 2 rings (SSSR count). The molecule has 1 aliphatic rings. The van der Waals surface area contributed by atoms with Gasteiger partial charge >= 0.3 is 0 Å². The number of pyridine rings is 1. The van der Waals surface area contributed by atoms with Crippen LogP contribution in [-0.4, -0.2) is 35.4 Å². The summed E-state index contributed by atoms with van der Waals surface area (Å²) in [5.74, 6) is 0.459. The molecule has 1 fully saturated rings. The zero-order valence-electron chi connectivity index (χ0n) is 11.4. The van der Waals surface area contributed by atoms with Gasteiger partial charge in [0.15, 0.2) is 0 Å². The maximum Gasteiger partial charge on any atom is 0.257 e. The molecule has 0 radical (unpaired) electrons. The van der Waals surface area contributed by atoms with Crippen molar-refractivity contribution >= 4 is 11.7 Å². The van der Waals surface area contributed by atoms with Gasteiger partial charge in [-0.1, -0.05) is 0 Å². The number of nitrogens with zero attached hydrogens (tertiary/aromatic N) is 2. The molecule has 104 valence electrons. The Morgan fingerprint density at radius 3 is 2.84 bits per heavy atom. The van der Waals surface area contributed by atoms with Crippen molar-refractivity contribution in [2.24, 2.45) is 5.92 Å². The van der Waals surface area contributed by atoms with Crippen LogP contribution < -0.4 is 5.32 Å². The van der Waals surface area contributed by atoms with Gasteiger partial charge < -0.3 is 10.2 Å². The second kappa shape index (κ2) is 5.99. The molecule has 1 aliphatic carbocycles. The summed E-state index contributed by atoms with van der Waals surface area (Å²) in [6, 6.07) is 1.27. The number of rotatable bonds is 6. The van der Waals surface area contributed by atoms with Crippen molar-refractivity contribution in [2.45, 2.75) is 26.7 Å². The van der Waals surface area contributed by atoms with E-state index in [-0.39, 0.29) is 5.91 Å². The van der Waals surface area contributed by atoms with E-state index in [4.69, 9.17) is 0 Å². The fourth-order valence-electron chi connectivity index (χ4n) is 2.05. The number of nitrogens with one attached hydrogen (secondary N) is 1. The summed E-state index contributed by atoms with van der Waals surface area (Å²) >= 11 is 0. The quantitative estimate of drug-likeness (QED) is 0.859. The minimum absolute atomic E-state index is 0.141. The summed E-state index contributed by atoms with van der Waals surface area (Å²) < 4.78 is 13.3. The van der Waals surface area contributed by atoms with E-state index in [0.717, 1.165) is 12.7 Å². The Morgan fingerprint density at radius 1 is 1.53 bits per heavy atom. The van der Waals surface area contributed by atoms with Gasteiger partial charge in [-0.3, -0.25) is 4.79 Å². The average molecular weight is 265 g/mol. The molecule has 0 saturated heterocycles. The fraction of sp³-hybridized carbons (Fsp3) is 0.571. The molecular formula is C14H20FN3O. The lowest BCUT2D eigenvalue weighted by Crippen LogP contribution is -2.33. The fourth-order valence-corrected chi connectivity index (χ4v) is 2.05. The number of hydrogen-bond donors (Lipinski definition) is 1. The first kappa shape index (κ1) is 13.8. The Kier molecular flexibility index (Phi) is 4.35. The van der Waals surface area contributed by atoms with Crippen molar-refractivity contribution in [2.75, 3.05) is 25.0 Å². The topological polar surface area (TPSA) is 45.2 Å². The Balaban J connectivity index is 2.21. The molecule has 0 atom stereocenters. The normalized spacial score (nSPS) is 14.3. The highest BCUT2D eigenvalue weighted by Crippen LogP contribution is 2.30. The van der Waals surface area contributed by atoms with Crippen molar-refractivity contribution in [1.82, 2.24) is 9.88 Å². The number of halogens is 1. The Bertz CT molecular complexity index is 460. The van der Waals surface area contributed by atoms with Crippen molar-refractivity contribution in [3.63, 3.8) is 0 Å². The smallest absolute Gasteiger partial charge is 0.257 e. The molecule has 1 saturated carbocycles. The highest BCUT2D eigenvalue weighted by atomic mass is 19.1. The minimum Gasteiger partial charge on any atom is -0.370 e. The summed E-state index contributed by atoms with van der Waals surface area (Å²) in [5, 5.41) is 3.01. The van der Waals surface area contributed by atoms with Gasteiger partial charge in [0.25, 0.3) is 5.91 Å². The highest BCUT2D eigenvalue weighted by molar-refractivity contribution is 5.98. The van der Waals surface area contributed by atoms with Gasteiger partial charge in [-0.15, -0.1) is 0 Å². The van der Waals surface area contributed by atoms with Crippen LogP contribution in [0.4, 0.5) is 10.2 Å². The predicted molar refractivity (Wildman–Crippen MR) is 72.7 cm³/mol. The number of aromatic nitrogens is 1. The van der Waals surface area contributed by atoms with Crippen LogP contribution in [0.2, 0.25) is 0 Å². The monoisotopic (exact) mass is 265 g/mol. The van der Waals surface area contributed by atoms with Crippen LogP contribution in [0.3, 0.4) is 0 Å². The van der Waals surface area contributed by atoms with E-state index in [1.807, 2.05) is 13.8 Å². The molecule has 1 heterocycles. The second-order valence-corrected chi connectivity index (χ2v) is 4.87. The van der Waals surface area contributed by atoms with Gasteiger partial charge in [0.1, 0.15) is 11.6 Å². The molecule has 1 aromatic heterocycles. The van der Waals surface area contributed by atoms with Crippen LogP contribution in [0.25, 0.3) is 0 Å². The largest absolute Gasteiger partial charge is 0.370 e. The lowest BCUT2D eigenvalue weighted by molar-refractivity contribution is 0.0757. The van der Waals surface area contributed by atoms with Crippen molar-refractivity contribution in [3.05, 3.63) is 23.6 Å². The Hall–Kier alpha value is -1.65. The van der Waals surface area contributed by atoms with E-state index in [2.05, 4.69) is 10.3 Å². The zero-order chi connectivity index (χ0) is 13.8. The molecule has 1 aromatic rings. The molecule has 5 heteroatoms. The van der Waals surface area contributed by atoms with E-state index >= 15 is 0 Å². The Morgan fingerprint density at radius 2 is 2.26 bits per heavy atom. The van der Waals surface area contributed by atoms with Crippen LogP contribution in [0.15, 0.2) is 12.3 Å². The SMILES string of the molecule is CCNc1ncc(F)cc1C(=O)N(CC)CC1CC1. The molecule has 0 unspecified atom stereocenters. The number of carbonyl (C=O) groups is 1. The number of carbonyl (C=O) groups excluding carboxylic acids is 1. The molecule has 0 spiro atoms. The lowest BCUT2D eigenvalue weighted by atomic mass is 10.2. The molecule has 0 aliphatic heterocycles. The molecule has 0 bridgehead atoms. The zero-order valence-corrected chi connectivity index (χ0v) is 11.4. The number of amides is 1. The second-order valence-electron chi connectivity index (χ2n) is 4.87. The lowest BCUT2D eigenvalue weighted by Gasteiger charge is -2.22. The van der Waals surface area contributed by atoms with Crippen molar-refractivity contribution in [3.8, 4) is 0 Å². The van der Waals surface area contributed by atoms with Crippen LogP contribution in [0.5, 0.6) is 0 Å². The third-order valence-electron chi connectivity index (χ3n) is 3.27. The minimum atomic E-state index is -0.479. The average Bonchev–Trinajstić information content (AvgIpc) is 3.21. The molecule has 4 nitrogen and oxygen atoms in total. The van der Waals surface area contributed by atoms with E-state index in [1.165, 1.54) is 18.9 Å².